The van der Waals surface area contributed by atoms with Gasteiger partial charge >= 0.3 is 5.82 Å². The number of nitrogen functional groups attached to an aromatic ring is 1. The SMILES string of the molecule is [C-]#[N+]c1nc(-c2ccc(=O)n(C(C)C)c2)c(-c2ccccc2)nc1N. The molecule has 0 spiro atoms. The summed E-state index contributed by atoms with van der Waals surface area (Å²) in [5.74, 6) is 0.145. The maximum atomic E-state index is 12.0. The normalized spacial score (nSPS) is 10.6. The standard InChI is InChI=1S/C19H17N5O/c1-12(2)24-11-14(9-10-15(24)25)17-16(13-7-5-4-6-8-13)22-18(20)19(21-3)23-17/h4-12H,1-2H3,(H2,20,22). The zero-order chi connectivity index (χ0) is 18.0. The number of hydrogen-bond donors (Lipinski definition) is 1. The first-order chi connectivity index (χ1) is 12.0. The molecule has 0 aliphatic rings. The summed E-state index contributed by atoms with van der Waals surface area (Å²) in [6.45, 7) is 11.1. The monoisotopic (exact) mass is 331 g/mol. The van der Waals surface area contributed by atoms with Gasteiger partial charge in [0.2, 0.25) is 0 Å². The van der Waals surface area contributed by atoms with Crippen LogP contribution in [0.15, 0.2) is 53.5 Å². The molecule has 0 saturated carbocycles. The molecule has 3 rings (SSSR count). The Morgan fingerprint density at radius 2 is 1.72 bits per heavy atom. The third kappa shape index (κ3) is 3.12. The minimum atomic E-state index is -0.0891. The predicted octanol–water partition coefficient (Wildman–Crippen LogP) is 3.69. The third-order valence-electron chi connectivity index (χ3n) is 3.82. The van der Waals surface area contributed by atoms with Crippen molar-refractivity contribution in [3.63, 3.8) is 0 Å². The fraction of sp³-hybridized carbons (Fsp3) is 0.158. The highest BCUT2D eigenvalue weighted by Gasteiger charge is 2.19. The predicted molar refractivity (Wildman–Crippen MR) is 98.2 cm³/mol. The number of hydrogen-bond acceptors (Lipinski definition) is 4. The van der Waals surface area contributed by atoms with Crippen LogP contribution in [0.3, 0.4) is 0 Å². The largest absolute Gasteiger partial charge is 0.391 e. The topological polar surface area (TPSA) is 78.2 Å². The lowest BCUT2D eigenvalue weighted by molar-refractivity contribution is 0.579. The molecule has 0 unspecified atom stereocenters. The maximum Gasteiger partial charge on any atom is 0.312 e. The highest BCUT2D eigenvalue weighted by Crippen LogP contribution is 2.32. The zero-order valence-corrected chi connectivity index (χ0v) is 14.0. The van der Waals surface area contributed by atoms with Gasteiger partial charge in [0, 0.05) is 29.4 Å². The van der Waals surface area contributed by atoms with Gasteiger partial charge in [0.25, 0.3) is 5.56 Å². The van der Waals surface area contributed by atoms with E-state index >= 15 is 0 Å². The van der Waals surface area contributed by atoms with Gasteiger partial charge in [0.1, 0.15) is 11.5 Å². The molecule has 3 aromatic rings. The van der Waals surface area contributed by atoms with Crippen molar-refractivity contribution < 1.29 is 0 Å². The molecular weight excluding hydrogens is 314 g/mol. The minimum Gasteiger partial charge on any atom is -0.391 e. The van der Waals surface area contributed by atoms with Crippen molar-refractivity contribution in [2.75, 3.05) is 5.73 Å². The van der Waals surface area contributed by atoms with E-state index in [2.05, 4.69) is 14.8 Å². The molecule has 0 atom stereocenters. The van der Waals surface area contributed by atoms with Crippen LogP contribution in [0, 0.1) is 6.57 Å². The van der Waals surface area contributed by atoms with E-state index in [0.717, 1.165) is 5.56 Å². The molecule has 124 valence electrons. The summed E-state index contributed by atoms with van der Waals surface area (Å²) < 4.78 is 1.62. The van der Waals surface area contributed by atoms with Gasteiger partial charge in [-0.05, 0) is 19.9 Å². The average Bonchev–Trinajstić information content (AvgIpc) is 2.62. The molecule has 2 heterocycles. The van der Waals surface area contributed by atoms with Crippen molar-refractivity contribution in [3.8, 4) is 22.5 Å². The van der Waals surface area contributed by atoms with Crippen LogP contribution in [0.2, 0.25) is 0 Å². The van der Waals surface area contributed by atoms with Crippen LogP contribution >= 0.6 is 0 Å². The molecule has 0 aliphatic carbocycles. The quantitative estimate of drug-likeness (QED) is 0.743. The minimum absolute atomic E-state index is 0.00898. The zero-order valence-electron chi connectivity index (χ0n) is 14.0. The molecule has 1 aromatic carbocycles. The lowest BCUT2D eigenvalue weighted by Gasteiger charge is -2.12. The molecule has 2 N–H and O–H groups in total. The number of anilines is 1. The molecule has 0 fully saturated rings. The molecule has 6 heteroatoms. The second-order valence-corrected chi connectivity index (χ2v) is 5.86. The highest BCUT2D eigenvalue weighted by molar-refractivity contribution is 5.81. The van der Waals surface area contributed by atoms with Gasteiger partial charge in [-0.3, -0.25) is 4.79 Å². The molecule has 0 amide bonds. The van der Waals surface area contributed by atoms with E-state index in [1.165, 1.54) is 6.07 Å². The number of benzene rings is 1. The molecule has 2 aromatic heterocycles. The molecular formula is C19H17N5O. The first-order valence-electron chi connectivity index (χ1n) is 7.84. The Labute approximate surface area is 145 Å². The van der Waals surface area contributed by atoms with Crippen LogP contribution in [0.25, 0.3) is 27.4 Å². The number of aromatic nitrogens is 3. The first-order valence-corrected chi connectivity index (χ1v) is 7.84. The molecule has 0 aliphatic heterocycles. The summed E-state index contributed by atoms with van der Waals surface area (Å²) >= 11 is 0. The molecule has 25 heavy (non-hydrogen) atoms. The van der Waals surface area contributed by atoms with E-state index in [-0.39, 0.29) is 23.2 Å². The van der Waals surface area contributed by atoms with Crippen molar-refractivity contribution in [2.24, 2.45) is 0 Å². The maximum absolute atomic E-state index is 12.0. The smallest absolute Gasteiger partial charge is 0.312 e. The van der Waals surface area contributed by atoms with Crippen LogP contribution < -0.4 is 11.3 Å². The van der Waals surface area contributed by atoms with Crippen LogP contribution in [-0.2, 0) is 0 Å². The summed E-state index contributed by atoms with van der Waals surface area (Å²) in [6.07, 6.45) is 1.74. The summed E-state index contributed by atoms with van der Waals surface area (Å²) in [5, 5.41) is 0. The van der Waals surface area contributed by atoms with E-state index in [9.17, 15) is 4.79 Å². The van der Waals surface area contributed by atoms with Gasteiger partial charge in [-0.2, -0.15) is 0 Å². The number of pyridine rings is 1. The van der Waals surface area contributed by atoms with E-state index in [1.54, 1.807) is 16.8 Å². The first kappa shape index (κ1) is 16.4. The Morgan fingerprint density at radius 3 is 2.36 bits per heavy atom. The highest BCUT2D eigenvalue weighted by atomic mass is 16.1. The molecule has 0 bridgehead atoms. The Kier molecular flexibility index (Phi) is 4.31. The summed E-state index contributed by atoms with van der Waals surface area (Å²) in [6, 6.07) is 12.7. The number of rotatable bonds is 3. The summed E-state index contributed by atoms with van der Waals surface area (Å²) in [5.41, 5.74) is 8.45. The third-order valence-corrected chi connectivity index (χ3v) is 3.82. The number of nitrogens with zero attached hydrogens (tertiary/aromatic N) is 4. The second-order valence-electron chi connectivity index (χ2n) is 5.86. The van der Waals surface area contributed by atoms with E-state index in [1.807, 2.05) is 44.2 Å². The van der Waals surface area contributed by atoms with E-state index < -0.39 is 0 Å². The Balaban J connectivity index is 2.30. The van der Waals surface area contributed by atoms with Gasteiger partial charge in [0.05, 0.1) is 0 Å². The van der Waals surface area contributed by atoms with Gasteiger partial charge < -0.3 is 15.1 Å². The fourth-order valence-electron chi connectivity index (χ4n) is 2.57. The second kappa shape index (κ2) is 6.57. The van der Waals surface area contributed by atoms with Gasteiger partial charge in [-0.25, -0.2) is 4.98 Å². The Hall–Kier alpha value is -3.46. The van der Waals surface area contributed by atoms with Gasteiger partial charge in [-0.1, -0.05) is 36.9 Å². The van der Waals surface area contributed by atoms with Crippen molar-refractivity contribution >= 4 is 11.6 Å². The van der Waals surface area contributed by atoms with Gasteiger partial charge in [0.15, 0.2) is 5.69 Å². The van der Waals surface area contributed by atoms with Crippen molar-refractivity contribution in [1.29, 1.82) is 0 Å². The lowest BCUT2D eigenvalue weighted by Crippen LogP contribution is -2.20. The number of nitrogens with two attached hydrogens (primary N) is 1. The molecule has 6 nitrogen and oxygen atoms in total. The average molecular weight is 331 g/mol. The molecule has 0 radical (unpaired) electrons. The summed E-state index contributed by atoms with van der Waals surface area (Å²) in [7, 11) is 0. The van der Waals surface area contributed by atoms with Crippen LogP contribution in [0.1, 0.15) is 19.9 Å². The Bertz CT molecular complexity index is 1020. The fourth-order valence-corrected chi connectivity index (χ4v) is 2.57. The van der Waals surface area contributed by atoms with Crippen LogP contribution in [0.5, 0.6) is 0 Å². The van der Waals surface area contributed by atoms with E-state index in [4.69, 9.17) is 12.3 Å². The van der Waals surface area contributed by atoms with Crippen LogP contribution in [0.4, 0.5) is 11.6 Å². The summed E-state index contributed by atoms with van der Waals surface area (Å²) in [4.78, 5) is 24.2. The van der Waals surface area contributed by atoms with E-state index in [0.29, 0.717) is 17.0 Å². The molecule has 0 saturated heterocycles. The van der Waals surface area contributed by atoms with Gasteiger partial charge in [-0.15, -0.1) is 4.98 Å². The van der Waals surface area contributed by atoms with Crippen molar-refractivity contribution in [3.05, 3.63) is 70.4 Å². The van der Waals surface area contributed by atoms with Crippen LogP contribution in [-0.4, -0.2) is 14.5 Å². The van der Waals surface area contributed by atoms with Crippen molar-refractivity contribution in [2.45, 2.75) is 19.9 Å². The van der Waals surface area contributed by atoms with Crippen molar-refractivity contribution in [1.82, 2.24) is 14.5 Å². The Morgan fingerprint density at radius 1 is 1.04 bits per heavy atom. The lowest BCUT2D eigenvalue weighted by atomic mass is 10.1.